The summed E-state index contributed by atoms with van der Waals surface area (Å²) in [6.07, 6.45) is 0. The van der Waals surface area contributed by atoms with Gasteiger partial charge >= 0.3 is 0 Å². The predicted molar refractivity (Wildman–Crippen MR) is 71.9 cm³/mol. The minimum absolute atomic E-state index is 0.0279. The van der Waals surface area contributed by atoms with Crippen molar-refractivity contribution in [2.45, 2.75) is 45.6 Å². The second kappa shape index (κ2) is 4.89. The minimum Gasteiger partial charge on any atom is -0.299 e. The lowest BCUT2D eigenvalue weighted by Gasteiger charge is -2.29. The molecule has 0 aliphatic carbocycles. The van der Waals surface area contributed by atoms with E-state index >= 15 is 0 Å². The molecule has 1 rings (SSSR count). The monoisotopic (exact) mass is 230 g/mol. The third kappa shape index (κ3) is 3.87. The Labute approximate surface area is 105 Å². The fraction of sp³-hybridized carbons (Fsp3) is 0.533. The molecule has 0 fully saturated rings. The van der Waals surface area contributed by atoms with Crippen LogP contribution in [0.25, 0.3) is 0 Å². The van der Waals surface area contributed by atoms with Crippen molar-refractivity contribution < 1.29 is 0 Å². The molecule has 0 aromatic heterocycles. The molecule has 0 spiro atoms. The molecule has 0 heterocycles. The fourth-order valence-electron chi connectivity index (χ4n) is 1.65. The van der Waals surface area contributed by atoms with E-state index in [0.717, 1.165) is 6.54 Å². The van der Waals surface area contributed by atoms with Crippen molar-refractivity contribution in [2.75, 3.05) is 6.54 Å². The number of hydrogen-bond donors (Lipinski definition) is 1. The highest BCUT2D eigenvalue weighted by Gasteiger charge is 2.24. The van der Waals surface area contributed by atoms with Crippen LogP contribution in [0.2, 0.25) is 0 Å². The standard InChI is InChI=1S/C15H22N2/c1-12-7-6-8-13(9-12)14(2,3)11-17-15(4,5)10-16/h6-9,17H,11H2,1-5H3. The Hall–Kier alpha value is -1.33. The van der Waals surface area contributed by atoms with Gasteiger partial charge in [-0.25, -0.2) is 0 Å². The number of hydrogen-bond acceptors (Lipinski definition) is 2. The van der Waals surface area contributed by atoms with E-state index < -0.39 is 5.54 Å². The van der Waals surface area contributed by atoms with Crippen LogP contribution < -0.4 is 5.32 Å². The molecule has 0 aliphatic rings. The Bertz CT molecular complexity index is 425. The van der Waals surface area contributed by atoms with E-state index in [9.17, 15) is 0 Å². The molecule has 2 nitrogen and oxygen atoms in total. The van der Waals surface area contributed by atoms with Gasteiger partial charge in [-0.3, -0.25) is 5.32 Å². The first-order valence-electron chi connectivity index (χ1n) is 6.00. The predicted octanol–water partition coefficient (Wildman–Crippen LogP) is 3.16. The third-order valence-electron chi connectivity index (χ3n) is 3.05. The zero-order valence-electron chi connectivity index (χ0n) is 11.5. The van der Waals surface area contributed by atoms with Gasteiger partial charge in [-0.2, -0.15) is 5.26 Å². The Morgan fingerprint density at radius 1 is 1.24 bits per heavy atom. The summed E-state index contributed by atoms with van der Waals surface area (Å²) in [6.45, 7) is 11.1. The molecule has 1 aromatic carbocycles. The number of nitriles is 1. The largest absolute Gasteiger partial charge is 0.299 e. The van der Waals surface area contributed by atoms with Crippen LogP contribution in [0.3, 0.4) is 0 Å². The van der Waals surface area contributed by atoms with Crippen molar-refractivity contribution in [1.82, 2.24) is 5.32 Å². The van der Waals surface area contributed by atoms with Crippen LogP contribution >= 0.6 is 0 Å². The van der Waals surface area contributed by atoms with Gasteiger partial charge in [0.25, 0.3) is 0 Å². The van der Waals surface area contributed by atoms with Gasteiger partial charge in [0.2, 0.25) is 0 Å². The number of aryl methyl sites for hydroxylation is 1. The Kier molecular flexibility index (Phi) is 3.95. The summed E-state index contributed by atoms with van der Waals surface area (Å²) in [5.74, 6) is 0. The fourth-order valence-corrected chi connectivity index (χ4v) is 1.65. The molecule has 0 amide bonds. The van der Waals surface area contributed by atoms with Crippen LogP contribution in [0.15, 0.2) is 24.3 Å². The quantitative estimate of drug-likeness (QED) is 0.862. The molecule has 0 atom stereocenters. The van der Waals surface area contributed by atoms with Gasteiger partial charge in [0, 0.05) is 12.0 Å². The lowest BCUT2D eigenvalue weighted by Crippen LogP contribution is -2.44. The SMILES string of the molecule is Cc1cccc(C(C)(C)CNC(C)(C)C#N)c1. The smallest absolute Gasteiger partial charge is 0.101 e. The highest BCUT2D eigenvalue weighted by Crippen LogP contribution is 2.23. The molecule has 0 bridgehead atoms. The van der Waals surface area contributed by atoms with Crippen LogP contribution in [0, 0.1) is 18.3 Å². The summed E-state index contributed by atoms with van der Waals surface area (Å²) in [7, 11) is 0. The maximum atomic E-state index is 8.99. The average molecular weight is 230 g/mol. The van der Waals surface area contributed by atoms with E-state index in [4.69, 9.17) is 5.26 Å². The number of nitrogens with zero attached hydrogens (tertiary/aromatic N) is 1. The van der Waals surface area contributed by atoms with Gasteiger partial charge in [-0.1, -0.05) is 43.7 Å². The van der Waals surface area contributed by atoms with E-state index in [2.05, 4.69) is 56.4 Å². The highest BCUT2D eigenvalue weighted by atomic mass is 15.0. The average Bonchev–Trinajstić information content (AvgIpc) is 2.27. The normalized spacial score (nSPS) is 12.2. The Morgan fingerprint density at radius 2 is 1.88 bits per heavy atom. The zero-order chi connectivity index (χ0) is 13.1. The Balaban J connectivity index is 2.79. The number of benzene rings is 1. The van der Waals surface area contributed by atoms with Crippen molar-refractivity contribution >= 4 is 0 Å². The van der Waals surface area contributed by atoms with Crippen molar-refractivity contribution in [1.29, 1.82) is 5.26 Å². The van der Waals surface area contributed by atoms with Gasteiger partial charge in [-0.05, 0) is 26.3 Å². The molecule has 0 radical (unpaired) electrons. The van der Waals surface area contributed by atoms with Crippen molar-refractivity contribution in [3.63, 3.8) is 0 Å². The molecule has 0 saturated carbocycles. The molecule has 92 valence electrons. The number of nitrogens with one attached hydrogen (secondary N) is 1. The first kappa shape index (κ1) is 13.7. The van der Waals surface area contributed by atoms with Crippen molar-refractivity contribution in [3.8, 4) is 6.07 Å². The maximum Gasteiger partial charge on any atom is 0.101 e. The highest BCUT2D eigenvalue weighted by molar-refractivity contribution is 5.29. The van der Waals surface area contributed by atoms with Gasteiger partial charge < -0.3 is 0 Å². The topological polar surface area (TPSA) is 35.8 Å². The minimum atomic E-state index is -0.471. The van der Waals surface area contributed by atoms with Crippen LogP contribution in [0.4, 0.5) is 0 Å². The van der Waals surface area contributed by atoms with E-state index in [-0.39, 0.29) is 5.41 Å². The summed E-state index contributed by atoms with van der Waals surface area (Å²) < 4.78 is 0. The second-order valence-corrected chi connectivity index (χ2v) is 5.84. The van der Waals surface area contributed by atoms with Gasteiger partial charge in [0.15, 0.2) is 0 Å². The molecule has 0 aliphatic heterocycles. The van der Waals surface area contributed by atoms with E-state index in [1.807, 2.05) is 13.8 Å². The lowest BCUT2D eigenvalue weighted by molar-refractivity contribution is 0.397. The molecule has 1 N–H and O–H groups in total. The van der Waals surface area contributed by atoms with Crippen LogP contribution in [-0.4, -0.2) is 12.1 Å². The van der Waals surface area contributed by atoms with Gasteiger partial charge in [0.1, 0.15) is 5.54 Å². The summed E-state index contributed by atoms with van der Waals surface area (Å²) in [4.78, 5) is 0. The molecule has 0 saturated heterocycles. The third-order valence-corrected chi connectivity index (χ3v) is 3.05. The summed E-state index contributed by atoms with van der Waals surface area (Å²) >= 11 is 0. The molecular formula is C15H22N2. The van der Waals surface area contributed by atoms with Gasteiger partial charge in [0.05, 0.1) is 6.07 Å². The molecule has 1 aromatic rings. The Morgan fingerprint density at radius 3 is 2.41 bits per heavy atom. The van der Waals surface area contributed by atoms with E-state index in [0.29, 0.717) is 0 Å². The summed E-state index contributed by atoms with van der Waals surface area (Å²) in [5.41, 5.74) is 2.13. The van der Waals surface area contributed by atoms with Crippen molar-refractivity contribution in [3.05, 3.63) is 35.4 Å². The van der Waals surface area contributed by atoms with Crippen LogP contribution in [0.5, 0.6) is 0 Å². The zero-order valence-corrected chi connectivity index (χ0v) is 11.5. The second-order valence-electron chi connectivity index (χ2n) is 5.84. The first-order chi connectivity index (χ1) is 7.77. The molecule has 17 heavy (non-hydrogen) atoms. The lowest BCUT2D eigenvalue weighted by atomic mass is 9.83. The maximum absolute atomic E-state index is 8.99. The van der Waals surface area contributed by atoms with Crippen molar-refractivity contribution in [2.24, 2.45) is 0 Å². The molecule has 2 heteroatoms. The first-order valence-corrected chi connectivity index (χ1v) is 6.00. The number of rotatable bonds is 4. The molecule has 0 unspecified atom stereocenters. The van der Waals surface area contributed by atoms with Crippen LogP contribution in [0.1, 0.15) is 38.8 Å². The summed E-state index contributed by atoms with van der Waals surface area (Å²) in [6, 6.07) is 10.8. The summed E-state index contributed by atoms with van der Waals surface area (Å²) in [5, 5.41) is 12.3. The van der Waals surface area contributed by atoms with E-state index in [1.54, 1.807) is 0 Å². The molecular weight excluding hydrogens is 208 g/mol. The van der Waals surface area contributed by atoms with Crippen LogP contribution in [-0.2, 0) is 5.41 Å². The van der Waals surface area contributed by atoms with Gasteiger partial charge in [-0.15, -0.1) is 0 Å². The van der Waals surface area contributed by atoms with E-state index in [1.165, 1.54) is 11.1 Å².